The fraction of sp³-hybridized carbons (Fsp3) is 0.917. The van der Waals surface area contributed by atoms with Gasteiger partial charge in [-0.15, -0.1) is 0 Å². The zero-order valence-electron chi connectivity index (χ0n) is 11.0. The van der Waals surface area contributed by atoms with Crippen molar-refractivity contribution in [3.63, 3.8) is 0 Å². The number of nitrogens with two attached hydrogens (primary N) is 1. The van der Waals surface area contributed by atoms with Crippen LogP contribution < -0.4 is 11.1 Å². The van der Waals surface area contributed by atoms with Crippen molar-refractivity contribution in [2.75, 3.05) is 26.2 Å². The van der Waals surface area contributed by atoms with Crippen molar-refractivity contribution in [1.29, 1.82) is 0 Å². The van der Waals surface area contributed by atoms with Gasteiger partial charge in [0.05, 0.1) is 6.54 Å². The highest BCUT2D eigenvalue weighted by Gasteiger charge is 2.33. The van der Waals surface area contributed by atoms with Crippen molar-refractivity contribution in [2.45, 2.75) is 39.7 Å². The van der Waals surface area contributed by atoms with Crippen LogP contribution in [0, 0.1) is 5.41 Å². The van der Waals surface area contributed by atoms with E-state index in [0.717, 1.165) is 19.5 Å². The summed E-state index contributed by atoms with van der Waals surface area (Å²) in [5.41, 5.74) is 5.79. The minimum absolute atomic E-state index is 0.105. The molecule has 4 heteroatoms. The quantitative estimate of drug-likeness (QED) is 0.741. The average Bonchev–Trinajstić information content (AvgIpc) is 2.45. The zero-order valence-corrected chi connectivity index (χ0v) is 11.0. The Morgan fingerprint density at radius 1 is 1.50 bits per heavy atom. The predicted octanol–water partition coefficient (Wildman–Crippen LogP) is 0.572. The van der Waals surface area contributed by atoms with Gasteiger partial charge >= 0.3 is 0 Å². The molecule has 1 amide bonds. The second kappa shape index (κ2) is 4.72. The van der Waals surface area contributed by atoms with Gasteiger partial charge < -0.3 is 11.1 Å². The standard InChI is InChI=1S/C12H25N3O/c1-11(2,3)14-10(16)7-15-6-5-12(4,8-13)9-15/h5-9,13H2,1-4H3,(H,14,16). The summed E-state index contributed by atoms with van der Waals surface area (Å²) in [5.74, 6) is 0.105. The Morgan fingerprint density at radius 2 is 2.12 bits per heavy atom. The lowest BCUT2D eigenvalue weighted by atomic mass is 9.90. The molecular weight excluding hydrogens is 202 g/mol. The molecule has 4 nitrogen and oxygen atoms in total. The van der Waals surface area contributed by atoms with Gasteiger partial charge in [-0.25, -0.2) is 0 Å². The van der Waals surface area contributed by atoms with E-state index in [1.54, 1.807) is 0 Å². The molecule has 3 N–H and O–H groups in total. The Balaban J connectivity index is 2.37. The molecule has 0 radical (unpaired) electrons. The van der Waals surface area contributed by atoms with Crippen LogP contribution in [-0.2, 0) is 4.79 Å². The molecule has 1 fully saturated rings. The summed E-state index contributed by atoms with van der Waals surface area (Å²) in [7, 11) is 0. The Hall–Kier alpha value is -0.610. The second-order valence-corrected chi connectivity index (χ2v) is 6.27. The summed E-state index contributed by atoms with van der Waals surface area (Å²) in [6, 6.07) is 0. The Kier molecular flexibility index (Phi) is 3.97. The molecule has 1 aliphatic rings. The van der Waals surface area contributed by atoms with Crippen molar-refractivity contribution in [2.24, 2.45) is 11.1 Å². The van der Waals surface area contributed by atoms with E-state index < -0.39 is 0 Å². The number of carbonyl (C=O) groups is 1. The molecule has 1 atom stereocenters. The number of nitrogens with zero attached hydrogens (tertiary/aromatic N) is 1. The Labute approximate surface area is 98.6 Å². The third-order valence-corrected chi connectivity index (χ3v) is 3.01. The van der Waals surface area contributed by atoms with E-state index in [2.05, 4.69) is 17.1 Å². The van der Waals surface area contributed by atoms with E-state index >= 15 is 0 Å². The van der Waals surface area contributed by atoms with Crippen LogP contribution in [0.15, 0.2) is 0 Å². The van der Waals surface area contributed by atoms with E-state index in [0.29, 0.717) is 13.1 Å². The van der Waals surface area contributed by atoms with Gasteiger partial charge in [0, 0.05) is 12.1 Å². The second-order valence-electron chi connectivity index (χ2n) is 6.27. The number of hydrogen-bond acceptors (Lipinski definition) is 3. The maximum atomic E-state index is 11.7. The number of nitrogens with one attached hydrogen (secondary N) is 1. The molecule has 1 heterocycles. The first-order valence-electron chi connectivity index (χ1n) is 5.98. The first-order valence-corrected chi connectivity index (χ1v) is 5.98. The van der Waals surface area contributed by atoms with Crippen molar-refractivity contribution >= 4 is 5.91 Å². The third kappa shape index (κ3) is 4.10. The van der Waals surface area contributed by atoms with Crippen LogP contribution in [-0.4, -0.2) is 42.5 Å². The first kappa shape index (κ1) is 13.5. The van der Waals surface area contributed by atoms with Gasteiger partial charge in [0.15, 0.2) is 0 Å². The van der Waals surface area contributed by atoms with Crippen LogP contribution in [0.4, 0.5) is 0 Å². The van der Waals surface area contributed by atoms with E-state index in [1.165, 1.54) is 0 Å². The summed E-state index contributed by atoms with van der Waals surface area (Å²) in [5, 5.41) is 2.98. The number of rotatable bonds is 3. The zero-order chi connectivity index (χ0) is 12.4. The van der Waals surface area contributed by atoms with Crippen LogP contribution in [0.1, 0.15) is 34.1 Å². The van der Waals surface area contributed by atoms with Gasteiger partial charge in [-0.05, 0) is 45.7 Å². The summed E-state index contributed by atoms with van der Waals surface area (Å²) < 4.78 is 0. The van der Waals surface area contributed by atoms with Gasteiger partial charge in [-0.2, -0.15) is 0 Å². The van der Waals surface area contributed by atoms with Gasteiger partial charge in [0.2, 0.25) is 5.91 Å². The van der Waals surface area contributed by atoms with Crippen molar-refractivity contribution in [3.8, 4) is 0 Å². The fourth-order valence-corrected chi connectivity index (χ4v) is 2.09. The summed E-state index contributed by atoms with van der Waals surface area (Å²) in [4.78, 5) is 13.9. The Morgan fingerprint density at radius 3 is 2.56 bits per heavy atom. The molecule has 0 aliphatic carbocycles. The molecule has 0 aromatic rings. The largest absolute Gasteiger partial charge is 0.350 e. The Bertz CT molecular complexity index is 259. The van der Waals surface area contributed by atoms with Crippen LogP contribution in [0.2, 0.25) is 0 Å². The lowest BCUT2D eigenvalue weighted by Crippen LogP contribution is -2.46. The van der Waals surface area contributed by atoms with Crippen molar-refractivity contribution < 1.29 is 4.79 Å². The monoisotopic (exact) mass is 227 g/mol. The summed E-state index contributed by atoms with van der Waals surface area (Å²) in [6.45, 7) is 11.3. The van der Waals surface area contributed by atoms with Crippen LogP contribution >= 0.6 is 0 Å². The molecule has 0 saturated carbocycles. The molecule has 0 spiro atoms. The molecule has 1 saturated heterocycles. The molecule has 16 heavy (non-hydrogen) atoms. The summed E-state index contributed by atoms with van der Waals surface area (Å²) >= 11 is 0. The third-order valence-electron chi connectivity index (χ3n) is 3.01. The fourth-order valence-electron chi connectivity index (χ4n) is 2.09. The smallest absolute Gasteiger partial charge is 0.234 e. The molecule has 0 aromatic heterocycles. The lowest BCUT2D eigenvalue weighted by molar-refractivity contribution is -0.123. The summed E-state index contributed by atoms with van der Waals surface area (Å²) in [6.07, 6.45) is 1.09. The molecule has 0 bridgehead atoms. The molecule has 1 unspecified atom stereocenters. The normalized spacial score (nSPS) is 27.1. The van der Waals surface area contributed by atoms with E-state index in [-0.39, 0.29) is 16.9 Å². The minimum Gasteiger partial charge on any atom is -0.350 e. The van der Waals surface area contributed by atoms with Crippen molar-refractivity contribution in [3.05, 3.63) is 0 Å². The van der Waals surface area contributed by atoms with Gasteiger partial charge in [-0.1, -0.05) is 6.92 Å². The van der Waals surface area contributed by atoms with Crippen molar-refractivity contribution in [1.82, 2.24) is 10.2 Å². The average molecular weight is 227 g/mol. The van der Waals surface area contributed by atoms with E-state index in [1.807, 2.05) is 20.8 Å². The van der Waals surface area contributed by atoms with Crippen LogP contribution in [0.3, 0.4) is 0 Å². The molecule has 1 rings (SSSR count). The molecule has 1 aliphatic heterocycles. The highest BCUT2D eigenvalue weighted by atomic mass is 16.2. The topological polar surface area (TPSA) is 58.4 Å². The number of likely N-dealkylation sites (tertiary alicyclic amines) is 1. The lowest BCUT2D eigenvalue weighted by Gasteiger charge is -2.25. The first-order chi connectivity index (χ1) is 7.24. The number of amides is 1. The molecule has 94 valence electrons. The van der Waals surface area contributed by atoms with Crippen LogP contribution in [0.5, 0.6) is 0 Å². The SMILES string of the molecule is CC1(CN)CCN(CC(=O)NC(C)(C)C)C1. The number of carbonyl (C=O) groups excluding carboxylic acids is 1. The molecular formula is C12H25N3O. The van der Waals surface area contributed by atoms with Gasteiger partial charge in [0.1, 0.15) is 0 Å². The highest BCUT2D eigenvalue weighted by molar-refractivity contribution is 5.78. The minimum atomic E-state index is -0.145. The van der Waals surface area contributed by atoms with E-state index in [9.17, 15) is 4.79 Å². The predicted molar refractivity (Wildman–Crippen MR) is 66.1 cm³/mol. The highest BCUT2D eigenvalue weighted by Crippen LogP contribution is 2.27. The van der Waals surface area contributed by atoms with Crippen LogP contribution in [0.25, 0.3) is 0 Å². The maximum Gasteiger partial charge on any atom is 0.234 e. The van der Waals surface area contributed by atoms with Gasteiger partial charge in [-0.3, -0.25) is 9.69 Å². The molecule has 0 aromatic carbocycles. The number of hydrogen-bond donors (Lipinski definition) is 2. The van der Waals surface area contributed by atoms with Gasteiger partial charge in [0.25, 0.3) is 0 Å². The maximum absolute atomic E-state index is 11.7. The van der Waals surface area contributed by atoms with E-state index in [4.69, 9.17) is 5.73 Å².